The summed E-state index contributed by atoms with van der Waals surface area (Å²) in [4.78, 5) is 0. The number of ether oxygens (including phenoxy) is 4. The van der Waals surface area contributed by atoms with Crippen LogP contribution in [-0.4, -0.2) is 26.6 Å². The van der Waals surface area contributed by atoms with Crippen LogP contribution < -0.4 is 0 Å². The summed E-state index contributed by atoms with van der Waals surface area (Å²) in [6.07, 6.45) is 11.1. The highest BCUT2D eigenvalue weighted by atomic mass is 16.7. The minimum absolute atomic E-state index is 0.234. The standard InChI is InChI=1S/C20H40O4/c1-5-9-11-13-17-21-18-24-20(23-16-8-4)19(22-15-7-3)14-12-10-6-2/h5-18H2,1-4H3. The summed E-state index contributed by atoms with van der Waals surface area (Å²) in [6, 6.07) is 0. The molecule has 0 aliphatic carbocycles. The summed E-state index contributed by atoms with van der Waals surface area (Å²) < 4.78 is 23.0. The predicted molar refractivity (Wildman–Crippen MR) is 99.7 cm³/mol. The second-order valence-electron chi connectivity index (χ2n) is 6.10. The lowest BCUT2D eigenvalue weighted by molar-refractivity contribution is -0.0840. The van der Waals surface area contributed by atoms with E-state index in [1.54, 1.807) is 0 Å². The van der Waals surface area contributed by atoms with Crippen LogP contribution in [0.5, 0.6) is 0 Å². The molecule has 144 valence electrons. The fourth-order valence-corrected chi connectivity index (χ4v) is 2.18. The lowest BCUT2D eigenvalue weighted by Gasteiger charge is -2.17. The Bertz CT molecular complexity index is 289. The normalized spacial score (nSPS) is 12.0. The summed E-state index contributed by atoms with van der Waals surface area (Å²) in [6.45, 7) is 10.9. The summed E-state index contributed by atoms with van der Waals surface area (Å²) in [7, 11) is 0. The van der Waals surface area contributed by atoms with Gasteiger partial charge in [0.05, 0.1) is 19.8 Å². The van der Waals surface area contributed by atoms with E-state index in [2.05, 4.69) is 27.7 Å². The van der Waals surface area contributed by atoms with Gasteiger partial charge in [0.1, 0.15) is 0 Å². The molecule has 4 nitrogen and oxygen atoms in total. The van der Waals surface area contributed by atoms with E-state index in [9.17, 15) is 0 Å². The van der Waals surface area contributed by atoms with E-state index >= 15 is 0 Å². The molecule has 0 saturated heterocycles. The molecular weight excluding hydrogens is 304 g/mol. The molecule has 0 amide bonds. The third-order valence-electron chi connectivity index (χ3n) is 3.57. The van der Waals surface area contributed by atoms with E-state index in [4.69, 9.17) is 18.9 Å². The first kappa shape index (κ1) is 23.1. The fraction of sp³-hybridized carbons (Fsp3) is 0.900. The van der Waals surface area contributed by atoms with E-state index < -0.39 is 0 Å². The van der Waals surface area contributed by atoms with Crippen LogP contribution in [-0.2, 0) is 18.9 Å². The van der Waals surface area contributed by atoms with Crippen LogP contribution in [0.15, 0.2) is 11.7 Å². The Balaban J connectivity index is 4.43. The molecule has 0 aromatic rings. The van der Waals surface area contributed by atoms with E-state index in [1.165, 1.54) is 32.1 Å². The van der Waals surface area contributed by atoms with Crippen molar-refractivity contribution >= 4 is 0 Å². The van der Waals surface area contributed by atoms with Gasteiger partial charge in [0, 0.05) is 6.42 Å². The van der Waals surface area contributed by atoms with Gasteiger partial charge < -0.3 is 18.9 Å². The Labute approximate surface area is 149 Å². The minimum atomic E-state index is 0.234. The van der Waals surface area contributed by atoms with Gasteiger partial charge in [-0.3, -0.25) is 0 Å². The molecule has 0 heterocycles. The topological polar surface area (TPSA) is 36.9 Å². The number of hydrogen-bond donors (Lipinski definition) is 0. The average molecular weight is 345 g/mol. The van der Waals surface area contributed by atoms with Crippen molar-refractivity contribution < 1.29 is 18.9 Å². The zero-order valence-electron chi connectivity index (χ0n) is 16.5. The number of hydrogen-bond acceptors (Lipinski definition) is 4. The van der Waals surface area contributed by atoms with Gasteiger partial charge in [-0.2, -0.15) is 0 Å². The Morgan fingerprint density at radius 1 is 0.583 bits per heavy atom. The van der Waals surface area contributed by atoms with Gasteiger partial charge in [-0.05, 0) is 25.7 Å². The highest BCUT2D eigenvalue weighted by Crippen LogP contribution is 2.18. The number of allylic oxidation sites excluding steroid dienone is 1. The smallest absolute Gasteiger partial charge is 0.321 e. The molecule has 0 N–H and O–H groups in total. The Kier molecular flexibility index (Phi) is 17.7. The van der Waals surface area contributed by atoms with Crippen LogP contribution in [0.1, 0.15) is 91.9 Å². The first-order valence-corrected chi connectivity index (χ1v) is 9.99. The second-order valence-corrected chi connectivity index (χ2v) is 6.10. The molecule has 0 aromatic heterocycles. The average Bonchev–Trinajstić information content (AvgIpc) is 2.60. The minimum Gasteiger partial charge on any atom is -0.491 e. The van der Waals surface area contributed by atoms with E-state index in [1.807, 2.05) is 0 Å². The van der Waals surface area contributed by atoms with Crippen molar-refractivity contribution in [2.45, 2.75) is 91.9 Å². The maximum absolute atomic E-state index is 5.88. The van der Waals surface area contributed by atoms with Gasteiger partial charge in [0.15, 0.2) is 12.6 Å². The Hall–Kier alpha value is -0.900. The highest BCUT2D eigenvalue weighted by Gasteiger charge is 2.12. The molecule has 0 atom stereocenters. The maximum atomic E-state index is 5.88. The Morgan fingerprint density at radius 2 is 1.25 bits per heavy atom. The van der Waals surface area contributed by atoms with Crippen LogP contribution in [0.2, 0.25) is 0 Å². The van der Waals surface area contributed by atoms with Crippen molar-refractivity contribution in [2.24, 2.45) is 0 Å². The molecule has 0 aliphatic heterocycles. The molecule has 0 radical (unpaired) electrons. The molecule has 24 heavy (non-hydrogen) atoms. The van der Waals surface area contributed by atoms with Gasteiger partial charge in [-0.25, -0.2) is 0 Å². The fourth-order valence-electron chi connectivity index (χ4n) is 2.18. The third-order valence-corrected chi connectivity index (χ3v) is 3.57. The highest BCUT2D eigenvalue weighted by molar-refractivity contribution is 4.95. The summed E-state index contributed by atoms with van der Waals surface area (Å²) in [5.41, 5.74) is 0. The van der Waals surface area contributed by atoms with Crippen molar-refractivity contribution in [2.75, 3.05) is 26.6 Å². The number of rotatable bonds is 18. The third kappa shape index (κ3) is 13.5. The van der Waals surface area contributed by atoms with Crippen LogP contribution in [0.25, 0.3) is 0 Å². The largest absolute Gasteiger partial charge is 0.491 e. The zero-order chi connectivity index (χ0) is 17.9. The van der Waals surface area contributed by atoms with Crippen LogP contribution in [0.4, 0.5) is 0 Å². The molecule has 0 spiro atoms. The predicted octanol–water partition coefficient (Wildman–Crippen LogP) is 6.16. The van der Waals surface area contributed by atoms with E-state index in [0.29, 0.717) is 19.2 Å². The maximum Gasteiger partial charge on any atom is 0.321 e. The molecule has 0 saturated carbocycles. The molecule has 0 bridgehead atoms. The zero-order valence-corrected chi connectivity index (χ0v) is 16.5. The summed E-state index contributed by atoms with van der Waals surface area (Å²) >= 11 is 0. The Morgan fingerprint density at radius 3 is 1.92 bits per heavy atom. The monoisotopic (exact) mass is 344 g/mol. The quantitative estimate of drug-likeness (QED) is 0.169. The summed E-state index contributed by atoms with van der Waals surface area (Å²) in [5.74, 6) is 1.36. The van der Waals surface area contributed by atoms with Gasteiger partial charge >= 0.3 is 5.95 Å². The van der Waals surface area contributed by atoms with E-state index in [-0.39, 0.29) is 6.79 Å². The second kappa shape index (κ2) is 18.4. The molecule has 0 fully saturated rings. The molecular formula is C20H40O4. The molecule has 0 unspecified atom stereocenters. The van der Waals surface area contributed by atoms with E-state index in [0.717, 1.165) is 44.5 Å². The summed E-state index contributed by atoms with van der Waals surface area (Å²) in [5, 5.41) is 0. The molecule has 0 rings (SSSR count). The van der Waals surface area contributed by atoms with Crippen LogP contribution in [0, 0.1) is 0 Å². The molecule has 0 aromatic carbocycles. The first-order chi connectivity index (χ1) is 11.8. The van der Waals surface area contributed by atoms with Gasteiger partial charge in [-0.15, -0.1) is 0 Å². The SMILES string of the molecule is CCCCCCOCOC(OCCC)=C(CCCCC)OCCC. The molecule has 4 heteroatoms. The van der Waals surface area contributed by atoms with Gasteiger partial charge in [0.2, 0.25) is 0 Å². The first-order valence-electron chi connectivity index (χ1n) is 9.99. The van der Waals surface area contributed by atoms with Crippen LogP contribution >= 0.6 is 0 Å². The van der Waals surface area contributed by atoms with Crippen molar-refractivity contribution in [3.05, 3.63) is 11.7 Å². The lowest BCUT2D eigenvalue weighted by Crippen LogP contribution is -2.10. The lowest BCUT2D eigenvalue weighted by atomic mass is 10.2. The molecule has 0 aliphatic rings. The number of unbranched alkanes of at least 4 members (excludes halogenated alkanes) is 5. The van der Waals surface area contributed by atoms with Crippen molar-refractivity contribution in [3.63, 3.8) is 0 Å². The van der Waals surface area contributed by atoms with Crippen molar-refractivity contribution in [1.29, 1.82) is 0 Å². The van der Waals surface area contributed by atoms with Crippen LogP contribution in [0.3, 0.4) is 0 Å². The van der Waals surface area contributed by atoms with Crippen molar-refractivity contribution in [3.8, 4) is 0 Å². The van der Waals surface area contributed by atoms with Crippen molar-refractivity contribution in [1.82, 2.24) is 0 Å². The van der Waals surface area contributed by atoms with Gasteiger partial charge in [-0.1, -0.05) is 59.8 Å². The van der Waals surface area contributed by atoms with Gasteiger partial charge in [0.25, 0.3) is 0 Å².